The SMILES string of the molecule is O=C(O)Cc1nnc(C2=NN(c3ccccc3)C(c3ccc(Cl)cc3)C2)o1. The summed E-state index contributed by atoms with van der Waals surface area (Å²) in [6.07, 6.45) is 0.231. The molecule has 8 heteroatoms. The second-order valence-electron chi connectivity index (χ2n) is 6.07. The predicted molar refractivity (Wildman–Crippen MR) is 99.9 cm³/mol. The molecule has 2 aromatic carbocycles. The van der Waals surface area contributed by atoms with E-state index in [9.17, 15) is 4.79 Å². The van der Waals surface area contributed by atoms with E-state index in [1.807, 2.05) is 59.6 Å². The Balaban J connectivity index is 1.68. The molecule has 1 atom stereocenters. The van der Waals surface area contributed by atoms with Gasteiger partial charge in [-0.2, -0.15) is 5.10 Å². The maximum absolute atomic E-state index is 10.8. The van der Waals surface area contributed by atoms with Gasteiger partial charge in [-0.3, -0.25) is 9.80 Å². The Labute approximate surface area is 159 Å². The highest BCUT2D eigenvalue weighted by atomic mass is 35.5. The van der Waals surface area contributed by atoms with Gasteiger partial charge in [-0.15, -0.1) is 10.2 Å². The van der Waals surface area contributed by atoms with E-state index >= 15 is 0 Å². The van der Waals surface area contributed by atoms with Crippen LogP contribution in [0.4, 0.5) is 5.69 Å². The molecule has 0 radical (unpaired) electrons. The molecule has 27 heavy (non-hydrogen) atoms. The van der Waals surface area contributed by atoms with Gasteiger partial charge in [0.05, 0.1) is 11.7 Å². The average molecular weight is 383 g/mol. The van der Waals surface area contributed by atoms with E-state index in [0.29, 0.717) is 17.2 Å². The second-order valence-corrected chi connectivity index (χ2v) is 6.51. The topological polar surface area (TPSA) is 91.8 Å². The summed E-state index contributed by atoms with van der Waals surface area (Å²) in [5, 5.41) is 23.9. The van der Waals surface area contributed by atoms with Gasteiger partial charge < -0.3 is 9.52 Å². The summed E-state index contributed by atoms with van der Waals surface area (Å²) in [5.74, 6) is -0.728. The fourth-order valence-corrected chi connectivity index (χ4v) is 3.10. The highest BCUT2D eigenvalue weighted by Gasteiger charge is 2.32. The van der Waals surface area contributed by atoms with E-state index in [0.717, 1.165) is 11.3 Å². The lowest BCUT2D eigenvalue weighted by atomic mass is 10.0. The predicted octanol–water partition coefficient (Wildman–Crippen LogP) is 3.71. The van der Waals surface area contributed by atoms with E-state index in [4.69, 9.17) is 21.1 Å². The van der Waals surface area contributed by atoms with Crippen molar-refractivity contribution in [2.45, 2.75) is 18.9 Å². The number of halogens is 1. The Morgan fingerprint density at radius 2 is 1.89 bits per heavy atom. The van der Waals surface area contributed by atoms with Crippen molar-refractivity contribution < 1.29 is 14.3 Å². The lowest BCUT2D eigenvalue weighted by molar-refractivity contribution is -0.136. The van der Waals surface area contributed by atoms with Crippen LogP contribution in [0.1, 0.15) is 29.8 Å². The highest BCUT2D eigenvalue weighted by molar-refractivity contribution is 6.30. The van der Waals surface area contributed by atoms with Gasteiger partial charge in [0.25, 0.3) is 5.89 Å². The molecule has 2 heterocycles. The largest absolute Gasteiger partial charge is 0.481 e. The molecule has 1 N–H and O–H groups in total. The van der Waals surface area contributed by atoms with Crippen molar-refractivity contribution in [3.8, 4) is 0 Å². The number of carboxylic acid groups (broad SMARTS) is 1. The smallest absolute Gasteiger partial charge is 0.312 e. The molecule has 0 amide bonds. The van der Waals surface area contributed by atoms with Crippen molar-refractivity contribution in [2.24, 2.45) is 5.10 Å². The molecule has 0 fully saturated rings. The third-order valence-electron chi connectivity index (χ3n) is 4.20. The van der Waals surface area contributed by atoms with Crippen LogP contribution in [0.5, 0.6) is 0 Å². The van der Waals surface area contributed by atoms with Crippen LogP contribution < -0.4 is 5.01 Å². The van der Waals surface area contributed by atoms with Crippen molar-refractivity contribution >= 4 is 29.0 Å². The van der Waals surface area contributed by atoms with Crippen LogP contribution in [0.25, 0.3) is 0 Å². The Morgan fingerprint density at radius 1 is 1.15 bits per heavy atom. The zero-order chi connectivity index (χ0) is 18.8. The molecule has 0 saturated carbocycles. The summed E-state index contributed by atoms with van der Waals surface area (Å²) in [4.78, 5) is 10.8. The Kier molecular flexibility index (Phi) is 4.60. The lowest BCUT2D eigenvalue weighted by Gasteiger charge is -2.23. The van der Waals surface area contributed by atoms with Crippen LogP contribution >= 0.6 is 11.6 Å². The third kappa shape index (κ3) is 3.68. The molecule has 1 aliphatic rings. The van der Waals surface area contributed by atoms with Crippen molar-refractivity contribution in [1.82, 2.24) is 10.2 Å². The number of para-hydroxylation sites is 1. The number of rotatable bonds is 5. The zero-order valence-corrected chi connectivity index (χ0v) is 14.9. The summed E-state index contributed by atoms with van der Waals surface area (Å²) in [6, 6.07) is 17.3. The summed E-state index contributed by atoms with van der Waals surface area (Å²) in [6.45, 7) is 0. The first kappa shape index (κ1) is 17.2. The maximum Gasteiger partial charge on any atom is 0.312 e. The quantitative estimate of drug-likeness (QED) is 0.723. The first-order valence-corrected chi connectivity index (χ1v) is 8.70. The minimum atomic E-state index is -1.02. The molecule has 7 nitrogen and oxygen atoms in total. The summed E-state index contributed by atoms with van der Waals surface area (Å²) >= 11 is 6.02. The Hall–Kier alpha value is -3.19. The first-order chi connectivity index (χ1) is 13.1. The number of hydrazone groups is 1. The van der Waals surface area contributed by atoms with Crippen LogP contribution in [0, 0.1) is 0 Å². The Morgan fingerprint density at radius 3 is 2.59 bits per heavy atom. The van der Waals surface area contributed by atoms with Gasteiger partial charge in [-0.25, -0.2) is 0 Å². The van der Waals surface area contributed by atoms with Crippen LogP contribution in [0.3, 0.4) is 0 Å². The number of hydrogen-bond acceptors (Lipinski definition) is 6. The van der Waals surface area contributed by atoms with Crippen LogP contribution in [-0.2, 0) is 11.2 Å². The molecule has 3 aromatic rings. The molecular formula is C19H15ClN4O3. The van der Waals surface area contributed by atoms with E-state index in [1.165, 1.54) is 0 Å². The van der Waals surface area contributed by atoms with Gasteiger partial charge in [0.15, 0.2) is 0 Å². The molecule has 1 unspecified atom stereocenters. The van der Waals surface area contributed by atoms with Gasteiger partial charge >= 0.3 is 5.97 Å². The molecule has 4 rings (SSSR count). The van der Waals surface area contributed by atoms with E-state index in [2.05, 4.69) is 15.3 Å². The standard InChI is InChI=1S/C19H15ClN4O3/c20-13-8-6-12(7-9-13)16-10-15(19-22-21-17(27-19)11-18(25)26)23-24(16)14-4-2-1-3-5-14/h1-9,16H,10-11H2,(H,25,26). The summed E-state index contributed by atoms with van der Waals surface area (Å²) in [5.41, 5.74) is 2.59. The van der Waals surface area contributed by atoms with Crippen molar-refractivity contribution in [3.63, 3.8) is 0 Å². The first-order valence-electron chi connectivity index (χ1n) is 8.32. The average Bonchev–Trinajstić information content (AvgIpc) is 3.30. The molecule has 0 bridgehead atoms. The molecule has 0 spiro atoms. The van der Waals surface area contributed by atoms with Crippen LogP contribution in [-0.4, -0.2) is 27.0 Å². The second kappa shape index (κ2) is 7.20. The highest BCUT2D eigenvalue weighted by Crippen LogP contribution is 2.36. The van der Waals surface area contributed by atoms with Gasteiger partial charge in [0.2, 0.25) is 5.89 Å². The van der Waals surface area contributed by atoms with Crippen molar-refractivity contribution in [2.75, 3.05) is 5.01 Å². The normalized spacial score (nSPS) is 16.4. The van der Waals surface area contributed by atoms with Crippen molar-refractivity contribution in [3.05, 3.63) is 77.0 Å². The molecular weight excluding hydrogens is 368 g/mol. The van der Waals surface area contributed by atoms with Crippen LogP contribution in [0.15, 0.2) is 64.1 Å². The number of nitrogens with zero attached hydrogens (tertiary/aromatic N) is 4. The fourth-order valence-electron chi connectivity index (χ4n) is 2.97. The Bertz CT molecular complexity index is 986. The van der Waals surface area contributed by atoms with E-state index < -0.39 is 5.97 Å². The zero-order valence-electron chi connectivity index (χ0n) is 14.1. The minimum Gasteiger partial charge on any atom is -0.481 e. The minimum absolute atomic E-state index is 0.0569. The summed E-state index contributed by atoms with van der Waals surface area (Å²) < 4.78 is 5.48. The fraction of sp³-hybridized carbons (Fsp3) is 0.158. The number of anilines is 1. The van der Waals surface area contributed by atoms with Crippen molar-refractivity contribution in [1.29, 1.82) is 0 Å². The van der Waals surface area contributed by atoms with E-state index in [1.54, 1.807) is 0 Å². The van der Waals surface area contributed by atoms with Crippen LogP contribution in [0.2, 0.25) is 5.02 Å². The molecule has 0 saturated heterocycles. The third-order valence-corrected chi connectivity index (χ3v) is 4.45. The monoisotopic (exact) mass is 382 g/mol. The lowest BCUT2D eigenvalue weighted by Crippen LogP contribution is -2.18. The molecule has 0 aliphatic carbocycles. The van der Waals surface area contributed by atoms with Gasteiger partial charge in [-0.05, 0) is 29.8 Å². The molecule has 1 aromatic heterocycles. The number of carbonyl (C=O) groups is 1. The number of hydrogen-bond donors (Lipinski definition) is 1. The maximum atomic E-state index is 10.8. The number of carboxylic acids is 1. The van der Waals surface area contributed by atoms with Gasteiger partial charge in [0.1, 0.15) is 12.1 Å². The number of aliphatic carboxylic acids is 1. The summed E-state index contributed by atoms with van der Waals surface area (Å²) in [7, 11) is 0. The van der Waals surface area contributed by atoms with Gasteiger partial charge in [-0.1, -0.05) is 41.9 Å². The number of benzene rings is 2. The van der Waals surface area contributed by atoms with E-state index in [-0.39, 0.29) is 24.2 Å². The van der Waals surface area contributed by atoms with Gasteiger partial charge in [0, 0.05) is 11.4 Å². The number of aromatic nitrogens is 2. The molecule has 1 aliphatic heterocycles. The molecule has 136 valence electrons.